The van der Waals surface area contributed by atoms with Crippen LogP contribution in [0, 0.1) is 12.3 Å². The number of rotatable bonds is 4. The zero-order valence-electron chi connectivity index (χ0n) is 9.01. The summed E-state index contributed by atoms with van der Waals surface area (Å²) in [6, 6.07) is 5.09. The van der Waals surface area contributed by atoms with Crippen LogP contribution in [0.25, 0.3) is 0 Å². The van der Waals surface area contributed by atoms with Crippen molar-refractivity contribution in [3.63, 3.8) is 0 Å². The number of terminal acetylenes is 1. The predicted molar refractivity (Wildman–Crippen MR) is 63.5 cm³/mol. The summed E-state index contributed by atoms with van der Waals surface area (Å²) >= 11 is 0. The average Bonchev–Trinajstić information content (AvgIpc) is 2.29. The van der Waals surface area contributed by atoms with Gasteiger partial charge in [0.15, 0.2) is 0 Å². The molecule has 0 saturated carbocycles. The maximum atomic E-state index is 11.5. The Kier molecular flexibility index (Phi) is 4.26. The van der Waals surface area contributed by atoms with Gasteiger partial charge >= 0.3 is 5.97 Å². The van der Waals surface area contributed by atoms with Crippen molar-refractivity contribution in [1.29, 1.82) is 0 Å². The van der Waals surface area contributed by atoms with E-state index in [-0.39, 0.29) is 12.0 Å². The van der Waals surface area contributed by atoms with Gasteiger partial charge in [-0.3, -0.25) is 4.79 Å². The molecule has 1 aromatic rings. The first-order chi connectivity index (χ1) is 8.04. The van der Waals surface area contributed by atoms with Crippen molar-refractivity contribution in [3.05, 3.63) is 29.8 Å². The fourth-order valence-electron chi connectivity index (χ4n) is 1.18. The SMILES string of the molecule is C#CCC(N)C(=O)Nc1cccc(C(=O)O)c1. The number of carboxylic acids is 1. The number of anilines is 1. The number of hydrogen-bond donors (Lipinski definition) is 3. The highest BCUT2D eigenvalue weighted by atomic mass is 16.4. The quantitative estimate of drug-likeness (QED) is 0.665. The van der Waals surface area contributed by atoms with Crippen LogP contribution in [-0.2, 0) is 4.79 Å². The standard InChI is InChI=1S/C12H12N2O3/c1-2-4-10(13)11(15)14-9-6-3-5-8(7-9)12(16)17/h1,3,5-7,10H,4,13H2,(H,14,15)(H,16,17). The van der Waals surface area contributed by atoms with E-state index in [0.29, 0.717) is 5.69 Å². The Balaban J connectivity index is 2.75. The van der Waals surface area contributed by atoms with Crippen molar-refractivity contribution in [2.75, 3.05) is 5.32 Å². The van der Waals surface area contributed by atoms with Crippen LogP contribution in [0.2, 0.25) is 0 Å². The molecule has 5 nitrogen and oxygen atoms in total. The molecule has 1 rings (SSSR count). The molecule has 0 radical (unpaired) electrons. The number of amides is 1. The Morgan fingerprint density at radius 2 is 2.24 bits per heavy atom. The third-order valence-electron chi connectivity index (χ3n) is 2.05. The Bertz CT molecular complexity index is 477. The van der Waals surface area contributed by atoms with E-state index < -0.39 is 17.9 Å². The molecular formula is C12H12N2O3. The van der Waals surface area contributed by atoms with Gasteiger partial charge in [-0.05, 0) is 18.2 Å². The summed E-state index contributed by atoms with van der Waals surface area (Å²) in [6.45, 7) is 0. The molecule has 88 valence electrons. The summed E-state index contributed by atoms with van der Waals surface area (Å²) in [6.07, 6.45) is 5.17. The smallest absolute Gasteiger partial charge is 0.335 e. The van der Waals surface area contributed by atoms with Crippen LogP contribution in [-0.4, -0.2) is 23.0 Å². The number of carbonyl (C=O) groups excluding carboxylic acids is 1. The molecule has 0 heterocycles. The lowest BCUT2D eigenvalue weighted by Crippen LogP contribution is -2.35. The summed E-state index contributed by atoms with van der Waals surface area (Å²) in [5.74, 6) is 0.783. The van der Waals surface area contributed by atoms with E-state index in [4.69, 9.17) is 17.3 Å². The summed E-state index contributed by atoms with van der Waals surface area (Å²) in [5, 5.41) is 11.3. The number of nitrogens with one attached hydrogen (secondary N) is 1. The molecule has 0 saturated heterocycles. The van der Waals surface area contributed by atoms with Gasteiger partial charge in [0.25, 0.3) is 0 Å². The molecule has 0 bridgehead atoms. The average molecular weight is 232 g/mol. The minimum Gasteiger partial charge on any atom is -0.478 e. The molecule has 1 unspecified atom stereocenters. The number of nitrogens with two attached hydrogens (primary N) is 1. The van der Waals surface area contributed by atoms with Crippen LogP contribution < -0.4 is 11.1 Å². The first-order valence-electron chi connectivity index (χ1n) is 4.88. The van der Waals surface area contributed by atoms with Crippen molar-refractivity contribution in [2.45, 2.75) is 12.5 Å². The second-order valence-corrected chi connectivity index (χ2v) is 3.39. The Morgan fingerprint density at radius 1 is 1.53 bits per heavy atom. The van der Waals surface area contributed by atoms with Crippen LogP contribution in [0.15, 0.2) is 24.3 Å². The van der Waals surface area contributed by atoms with Crippen molar-refractivity contribution >= 4 is 17.6 Å². The van der Waals surface area contributed by atoms with E-state index in [9.17, 15) is 9.59 Å². The van der Waals surface area contributed by atoms with Gasteiger partial charge in [-0.2, -0.15) is 0 Å². The third kappa shape index (κ3) is 3.63. The second-order valence-electron chi connectivity index (χ2n) is 3.39. The lowest BCUT2D eigenvalue weighted by molar-refractivity contribution is -0.117. The van der Waals surface area contributed by atoms with E-state index in [1.807, 2.05) is 0 Å². The van der Waals surface area contributed by atoms with E-state index >= 15 is 0 Å². The van der Waals surface area contributed by atoms with E-state index in [1.165, 1.54) is 18.2 Å². The Labute approximate surface area is 98.6 Å². The largest absolute Gasteiger partial charge is 0.478 e. The van der Waals surface area contributed by atoms with E-state index in [2.05, 4.69) is 11.2 Å². The summed E-state index contributed by atoms with van der Waals surface area (Å²) < 4.78 is 0. The number of hydrogen-bond acceptors (Lipinski definition) is 3. The third-order valence-corrected chi connectivity index (χ3v) is 2.05. The van der Waals surface area contributed by atoms with Gasteiger partial charge in [0.2, 0.25) is 5.91 Å². The molecule has 0 aliphatic heterocycles. The number of aromatic carboxylic acids is 1. The van der Waals surface area contributed by atoms with Gasteiger partial charge in [-0.1, -0.05) is 6.07 Å². The highest BCUT2D eigenvalue weighted by molar-refractivity contribution is 5.96. The zero-order chi connectivity index (χ0) is 12.8. The molecule has 0 aromatic heterocycles. The van der Waals surface area contributed by atoms with Gasteiger partial charge in [-0.25, -0.2) is 4.79 Å². The molecule has 1 amide bonds. The number of carbonyl (C=O) groups is 2. The highest BCUT2D eigenvalue weighted by Gasteiger charge is 2.12. The van der Waals surface area contributed by atoms with Crippen molar-refractivity contribution in [3.8, 4) is 12.3 Å². The lowest BCUT2D eigenvalue weighted by Gasteiger charge is -2.09. The maximum Gasteiger partial charge on any atom is 0.335 e. The summed E-state index contributed by atoms with van der Waals surface area (Å²) in [7, 11) is 0. The Morgan fingerprint density at radius 3 is 2.82 bits per heavy atom. The predicted octanol–water partition coefficient (Wildman–Crippen LogP) is 0.674. The molecule has 5 heteroatoms. The zero-order valence-corrected chi connectivity index (χ0v) is 9.01. The molecule has 0 aliphatic rings. The van der Waals surface area contributed by atoms with Gasteiger partial charge < -0.3 is 16.2 Å². The second kappa shape index (κ2) is 5.68. The summed E-state index contributed by atoms with van der Waals surface area (Å²) in [5.41, 5.74) is 5.97. The van der Waals surface area contributed by atoms with Crippen LogP contribution in [0.5, 0.6) is 0 Å². The first kappa shape index (κ1) is 12.7. The molecular weight excluding hydrogens is 220 g/mol. The first-order valence-corrected chi connectivity index (χ1v) is 4.88. The van der Waals surface area contributed by atoms with Gasteiger partial charge in [0.1, 0.15) is 0 Å². The fourth-order valence-corrected chi connectivity index (χ4v) is 1.18. The van der Waals surface area contributed by atoms with Crippen LogP contribution >= 0.6 is 0 Å². The molecule has 0 spiro atoms. The topological polar surface area (TPSA) is 92.4 Å². The molecule has 1 aromatic carbocycles. The van der Waals surface area contributed by atoms with E-state index in [0.717, 1.165) is 0 Å². The van der Waals surface area contributed by atoms with Crippen LogP contribution in [0.1, 0.15) is 16.8 Å². The molecule has 1 atom stereocenters. The number of carboxylic acid groups (broad SMARTS) is 1. The monoisotopic (exact) mass is 232 g/mol. The van der Waals surface area contributed by atoms with Crippen molar-refractivity contribution < 1.29 is 14.7 Å². The normalized spacial score (nSPS) is 11.3. The molecule has 17 heavy (non-hydrogen) atoms. The Hall–Kier alpha value is -2.32. The minimum absolute atomic E-state index is 0.0910. The van der Waals surface area contributed by atoms with E-state index in [1.54, 1.807) is 6.07 Å². The molecule has 0 fully saturated rings. The van der Waals surface area contributed by atoms with Gasteiger partial charge in [-0.15, -0.1) is 12.3 Å². The molecule has 4 N–H and O–H groups in total. The highest BCUT2D eigenvalue weighted by Crippen LogP contribution is 2.11. The maximum absolute atomic E-state index is 11.5. The minimum atomic E-state index is -1.06. The lowest BCUT2D eigenvalue weighted by atomic mass is 10.2. The van der Waals surface area contributed by atoms with Crippen molar-refractivity contribution in [1.82, 2.24) is 0 Å². The number of benzene rings is 1. The van der Waals surface area contributed by atoms with Gasteiger partial charge in [0, 0.05) is 12.1 Å². The fraction of sp³-hybridized carbons (Fsp3) is 0.167. The summed E-state index contributed by atoms with van der Waals surface area (Å²) in [4.78, 5) is 22.2. The molecule has 0 aliphatic carbocycles. The van der Waals surface area contributed by atoms with Crippen LogP contribution in [0.3, 0.4) is 0 Å². The van der Waals surface area contributed by atoms with Gasteiger partial charge in [0.05, 0.1) is 11.6 Å². The van der Waals surface area contributed by atoms with Crippen LogP contribution in [0.4, 0.5) is 5.69 Å². The van der Waals surface area contributed by atoms with Crippen molar-refractivity contribution in [2.24, 2.45) is 5.73 Å².